The van der Waals surface area contributed by atoms with Crippen molar-refractivity contribution in [1.29, 1.82) is 0 Å². The number of aromatic nitrogens is 4. The summed E-state index contributed by atoms with van der Waals surface area (Å²) in [6.07, 6.45) is 0.636. The molecule has 0 saturated heterocycles. The summed E-state index contributed by atoms with van der Waals surface area (Å²) in [6, 6.07) is 4.74. The fraction of sp³-hybridized carbons (Fsp3) is 0.353. The van der Waals surface area contributed by atoms with Gasteiger partial charge in [-0.25, -0.2) is 14.8 Å². The number of anilines is 1. The number of amides is 2. The molecule has 2 amide bonds. The summed E-state index contributed by atoms with van der Waals surface area (Å²) >= 11 is 0. The Hall–Kier alpha value is -3.03. The van der Waals surface area contributed by atoms with E-state index in [0.717, 1.165) is 22.4 Å². The van der Waals surface area contributed by atoms with Crippen molar-refractivity contribution in [2.75, 3.05) is 5.32 Å². The maximum atomic E-state index is 12.3. The van der Waals surface area contributed by atoms with Gasteiger partial charge in [0.1, 0.15) is 6.04 Å². The second-order valence-electron chi connectivity index (χ2n) is 5.84. The zero-order valence-electron chi connectivity index (χ0n) is 14.6. The van der Waals surface area contributed by atoms with Crippen LogP contribution in [0.25, 0.3) is 11.0 Å². The van der Waals surface area contributed by atoms with Gasteiger partial charge in [-0.1, -0.05) is 12.1 Å². The van der Waals surface area contributed by atoms with E-state index in [1.807, 2.05) is 26.8 Å². The Morgan fingerprint density at radius 2 is 1.84 bits per heavy atom. The Bertz CT molecular complexity index is 921. The lowest BCUT2D eigenvalue weighted by atomic mass is 10.2. The number of aryl methyl sites for hydroxylation is 3. The molecule has 2 aromatic heterocycles. The van der Waals surface area contributed by atoms with Crippen LogP contribution in [0.5, 0.6) is 0 Å². The maximum Gasteiger partial charge on any atom is 0.319 e. The van der Waals surface area contributed by atoms with Crippen LogP contribution in [0.4, 0.5) is 10.5 Å². The average Bonchev–Trinajstić information content (AvgIpc) is 3.00. The summed E-state index contributed by atoms with van der Waals surface area (Å²) in [4.78, 5) is 25.4. The molecular formula is C17H20N6O2. The zero-order valence-corrected chi connectivity index (χ0v) is 14.6. The molecule has 130 valence electrons. The highest BCUT2D eigenvalue weighted by Gasteiger charge is 2.18. The summed E-state index contributed by atoms with van der Waals surface area (Å²) in [7, 11) is 0. The highest BCUT2D eigenvalue weighted by Crippen LogP contribution is 2.18. The van der Waals surface area contributed by atoms with Crippen LogP contribution in [0.15, 0.2) is 22.7 Å². The third-order valence-electron chi connectivity index (χ3n) is 3.89. The molecule has 1 atom stereocenters. The third kappa shape index (κ3) is 3.73. The standard InChI is InChI=1S/C17H20N6O2/c1-5-13(16-20-11(4)23-25-16)22-17(24)21-12-6-7-14-15(8-12)19-10(3)9(2)18-14/h6-8,13H,5H2,1-4H3,(H2,21,22,24). The Labute approximate surface area is 145 Å². The van der Waals surface area contributed by atoms with Gasteiger partial charge in [-0.05, 0) is 45.4 Å². The molecule has 0 saturated carbocycles. The number of rotatable bonds is 4. The number of carbonyl (C=O) groups excluding carboxylic acids is 1. The Morgan fingerprint density at radius 3 is 2.48 bits per heavy atom. The predicted molar refractivity (Wildman–Crippen MR) is 93.2 cm³/mol. The summed E-state index contributed by atoms with van der Waals surface area (Å²) in [5.41, 5.74) is 3.93. The van der Waals surface area contributed by atoms with Crippen LogP contribution in [0.3, 0.4) is 0 Å². The molecule has 0 radical (unpaired) electrons. The average molecular weight is 340 g/mol. The van der Waals surface area contributed by atoms with Crippen LogP contribution in [-0.2, 0) is 0 Å². The SMILES string of the molecule is CCC(NC(=O)Nc1ccc2nc(C)c(C)nc2c1)c1nc(C)no1. The molecule has 2 heterocycles. The zero-order chi connectivity index (χ0) is 18.0. The Kier molecular flexibility index (Phi) is 4.60. The molecule has 25 heavy (non-hydrogen) atoms. The molecule has 1 aromatic carbocycles. The molecule has 0 fully saturated rings. The second-order valence-corrected chi connectivity index (χ2v) is 5.84. The van der Waals surface area contributed by atoms with Gasteiger partial charge < -0.3 is 15.2 Å². The molecule has 8 nitrogen and oxygen atoms in total. The molecule has 3 rings (SSSR count). The largest absolute Gasteiger partial charge is 0.337 e. The first kappa shape index (κ1) is 16.8. The first-order valence-corrected chi connectivity index (χ1v) is 8.09. The van der Waals surface area contributed by atoms with E-state index in [0.29, 0.717) is 23.8 Å². The molecule has 0 aliphatic heterocycles. The number of benzene rings is 1. The molecule has 3 aromatic rings. The number of nitrogens with one attached hydrogen (secondary N) is 2. The van der Waals surface area contributed by atoms with Gasteiger partial charge in [0, 0.05) is 5.69 Å². The third-order valence-corrected chi connectivity index (χ3v) is 3.89. The normalized spacial score (nSPS) is 12.2. The van der Waals surface area contributed by atoms with E-state index in [1.165, 1.54) is 0 Å². The lowest BCUT2D eigenvalue weighted by Gasteiger charge is -2.14. The van der Waals surface area contributed by atoms with Gasteiger partial charge in [0.15, 0.2) is 5.82 Å². The van der Waals surface area contributed by atoms with E-state index in [4.69, 9.17) is 4.52 Å². The number of nitrogens with zero attached hydrogens (tertiary/aromatic N) is 4. The maximum absolute atomic E-state index is 12.3. The Morgan fingerprint density at radius 1 is 1.12 bits per heavy atom. The summed E-state index contributed by atoms with van der Waals surface area (Å²) in [5, 5.41) is 9.39. The van der Waals surface area contributed by atoms with E-state index < -0.39 is 0 Å². The van der Waals surface area contributed by atoms with Crippen molar-refractivity contribution >= 4 is 22.8 Å². The van der Waals surface area contributed by atoms with E-state index in [-0.39, 0.29) is 12.1 Å². The molecule has 1 unspecified atom stereocenters. The fourth-order valence-electron chi connectivity index (χ4n) is 2.43. The lowest BCUT2D eigenvalue weighted by molar-refractivity contribution is 0.243. The van der Waals surface area contributed by atoms with E-state index in [2.05, 4.69) is 30.7 Å². The molecular weight excluding hydrogens is 320 g/mol. The van der Waals surface area contributed by atoms with Crippen molar-refractivity contribution in [3.8, 4) is 0 Å². The van der Waals surface area contributed by atoms with Crippen LogP contribution in [0, 0.1) is 20.8 Å². The van der Waals surface area contributed by atoms with Gasteiger partial charge in [0.2, 0.25) is 5.89 Å². The smallest absolute Gasteiger partial charge is 0.319 e. The number of hydrogen-bond donors (Lipinski definition) is 2. The van der Waals surface area contributed by atoms with E-state index in [1.54, 1.807) is 19.1 Å². The summed E-state index contributed by atoms with van der Waals surface area (Å²) in [6.45, 7) is 7.50. The molecule has 8 heteroatoms. The van der Waals surface area contributed by atoms with Crippen LogP contribution >= 0.6 is 0 Å². The van der Waals surface area contributed by atoms with Gasteiger partial charge in [-0.15, -0.1) is 0 Å². The van der Waals surface area contributed by atoms with Crippen molar-refractivity contribution in [2.45, 2.75) is 40.2 Å². The van der Waals surface area contributed by atoms with Gasteiger partial charge in [-0.3, -0.25) is 0 Å². The number of carbonyl (C=O) groups is 1. The van der Waals surface area contributed by atoms with Gasteiger partial charge >= 0.3 is 6.03 Å². The topological polar surface area (TPSA) is 106 Å². The minimum Gasteiger partial charge on any atom is -0.337 e. The highest BCUT2D eigenvalue weighted by atomic mass is 16.5. The highest BCUT2D eigenvalue weighted by molar-refractivity contribution is 5.92. The summed E-state index contributed by atoms with van der Waals surface area (Å²) in [5.74, 6) is 0.931. The first-order valence-electron chi connectivity index (χ1n) is 8.09. The van der Waals surface area contributed by atoms with E-state index in [9.17, 15) is 4.79 Å². The van der Waals surface area contributed by atoms with Crippen LogP contribution < -0.4 is 10.6 Å². The quantitative estimate of drug-likeness (QED) is 0.755. The van der Waals surface area contributed by atoms with Crippen molar-refractivity contribution < 1.29 is 9.32 Å². The van der Waals surface area contributed by atoms with Gasteiger partial charge in [0.05, 0.1) is 22.4 Å². The molecule has 2 N–H and O–H groups in total. The monoisotopic (exact) mass is 340 g/mol. The van der Waals surface area contributed by atoms with Crippen LogP contribution in [0.2, 0.25) is 0 Å². The molecule has 0 spiro atoms. The number of urea groups is 1. The summed E-state index contributed by atoms with van der Waals surface area (Å²) < 4.78 is 5.13. The lowest BCUT2D eigenvalue weighted by Crippen LogP contribution is -2.32. The number of fused-ring (bicyclic) bond motifs is 1. The first-order chi connectivity index (χ1) is 12.0. The molecule has 0 aliphatic rings. The van der Waals surface area contributed by atoms with Crippen molar-refractivity contribution in [3.63, 3.8) is 0 Å². The van der Waals surface area contributed by atoms with Crippen molar-refractivity contribution in [3.05, 3.63) is 41.3 Å². The molecule has 0 aliphatic carbocycles. The van der Waals surface area contributed by atoms with Crippen LogP contribution in [-0.4, -0.2) is 26.1 Å². The van der Waals surface area contributed by atoms with Crippen LogP contribution in [0.1, 0.15) is 42.5 Å². The molecule has 0 bridgehead atoms. The van der Waals surface area contributed by atoms with Crippen molar-refractivity contribution in [1.82, 2.24) is 25.4 Å². The predicted octanol–water partition coefficient (Wildman–Crippen LogP) is 3.21. The van der Waals surface area contributed by atoms with Gasteiger partial charge in [-0.2, -0.15) is 4.98 Å². The van der Waals surface area contributed by atoms with Gasteiger partial charge in [0.25, 0.3) is 0 Å². The Balaban J connectivity index is 1.73. The fourth-order valence-corrected chi connectivity index (χ4v) is 2.43. The minimum atomic E-state index is -0.348. The number of hydrogen-bond acceptors (Lipinski definition) is 6. The minimum absolute atomic E-state index is 0.341. The van der Waals surface area contributed by atoms with Crippen molar-refractivity contribution in [2.24, 2.45) is 0 Å². The second kappa shape index (κ2) is 6.84. The van der Waals surface area contributed by atoms with E-state index >= 15 is 0 Å².